The number of nitrogens with one attached hydrogen (secondary N) is 1. The Kier molecular flexibility index (Phi) is 5.99. The summed E-state index contributed by atoms with van der Waals surface area (Å²) < 4.78 is 0. The Morgan fingerprint density at radius 2 is 1.94 bits per heavy atom. The summed E-state index contributed by atoms with van der Waals surface area (Å²) in [5.74, 6) is 0. The third-order valence-corrected chi connectivity index (χ3v) is 3.16. The van der Waals surface area contributed by atoms with Gasteiger partial charge in [0, 0.05) is 12.1 Å². The van der Waals surface area contributed by atoms with Crippen LogP contribution in [0.3, 0.4) is 0 Å². The van der Waals surface area contributed by atoms with Gasteiger partial charge in [0.25, 0.3) is 0 Å². The zero-order valence-electron chi connectivity index (χ0n) is 11.4. The molecular weight excluding hydrogens is 206 g/mol. The number of benzene rings is 1. The number of hydrogen-bond acceptors (Lipinski definition) is 1. The normalized spacial score (nSPS) is 14.3. The van der Waals surface area contributed by atoms with E-state index in [-0.39, 0.29) is 0 Å². The lowest BCUT2D eigenvalue weighted by Gasteiger charge is -2.20. The van der Waals surface area contributed by atoms with E-state index in [1.165, 1.54) is 17.5 Å². The van der Waals surface area contributed by atoms with Crippen LogP contribution < -0.4 is 5.32 Å². The summed E-state index contributed by atoms with van der Waals surface area (Å²) in [6.45, 7) is 10.5. The SMILES string of the molecule is C=CCCC(C)NC(C)Cc1ccccc1C. The minimum atomic E-state index is 0.524. The first-order valence-corrected chi connectivity index (χ1v) is 6.55. The molecule has 94 valence electrons. The molecule has 0 aliphatic rings. The van der Waals surface area contributed by atoms with Crippen molar-refractivity contribution in [2.45, 2.75) is 52.1 Å². The fraction of sp³-hybridized carbons (Fsp3) is 0.500. The molecule has 0 heterocycles. The average Bonchev–Trinajstić information content (AvgIpc) is 2.29. The molecule has 1 N–H and O–H groups in total. The molecule has 0 aliphatic heterocycles. The molecule has 2 unspecified atom stereocenters. The van der Waals surface area contributed by atoms with E-state index in [9.17, 15) is 0 Å². The monoisotopic (exact) mass is 231 g/mol. The number of aryl methyl sites for hydroxylation is 1. The molecule has 2 atom stereocenters. The Hall–Kier alpha value is -1.08. The van der Waals surface area contributed by atoms with E-state index in [1.54, 1.807) is 0 Å². The maximum Gasteiger partial charge on any atom is 0.00817 e. The van der Waals surface area contributed by atoms with Gasteiger partial charge in [-0.3, -0.25) is 0 Å². The highest BCUT2D eigenvalue weighted by molar-refractivity contribution is 5.26. The first-order chi connectivity index (χ1) is 8.13. The zero-order valence-corrected chi connectivity index (χ0v) is 11.4. The molecule has 1 aromatic rings. The molecule has 0 spiro atoms. The van der Waals surface area contributed by atoms with Crippen molar-refractivity contribution < 1.29 is 0 Å². The summed E-state index contributed by atoms with van der Waals surface area (Å²) in [5, 5.41) is 3.64. The van der Waals surface area contributed by atoms with Gasteiger partial charge in [-0.25, -0.2) is 0 Å². The second-order valence-corrected chi connectivity index (χ2v) is 4.97. The molecule has 0 radical (unpaired) electrons. The van der Waals surface area contributed by atoms with Gasteiger partial charge in [0.05, 0.1) is 0 Å². The van der Waals surface area contributed by atoms with E-state index in [4.69, 9.17) is 0 Å². The molecule has 0 fully saturated rings. The summed E-state index contributed by atoms with van der Waals surface area (Å²) in [4.78, 5) is 0. The first-order valence-electron chi connectivity index (χ1n) is 6.55. The van der Waals surface area contributed by atoms with E-state index in [0.29, 0.717) is 12.1 Å². The van der Waals surface area contributed by atoms with E-state index >= 15 is 0 Å². The quantitative estimate of drug-likeness (QED) is 0.702. The van der Waals surface area contributed by atoms with Crippen LogP contribution in [0.25, 0.3) is 0 Å². The highest BCUT2D eigenvalue weighted by Gasteiger charge is 2.08. The molecule has 0 aliphatic carbocycles. The molecule has 1 rings (SSSR count). The van der Waals surface area contributed by atoms with Gasteiger partial charge in [0.15, 0.2) is 0 Å². The molecule has 17 heavy (non-hydrogen) atoms. The standard InChI is InChI=1S/C16H25N/c1-5-6-10-14(3)17-15(4)12-16-11-8-7-9-13(16)2/h5,7-9,11,14-15,17H,1,6,10,12H2,2-4H3. The molecule has 0 saturated heterocycles. The van der Waals surface area contributed by atoms with Crippen LogP contribution in [0.4, 0.5) is 0 Å². The van der Waals surface area contributed by atoms with Gasteiger partial charge in [-0.05, 0) is 51.2 Å². The lowest BCUT2D eigenvalue weighted by atomic mass is 10.0. The zero-order chi connectivity index (χ0) is 12.7. The van der Waals surface area contributed by atoms with Gasteiger partial charge in [0.1, 0.15) is 0 Å². The fourth-order valence-electron chi connectivity index (χ4n) is 2.16. The van der Waals surface area contributed by atoms with Crippen molar-refractivity contribution in [3.63, 3.8) is 0 Å². The van der Waals surface area contributed by atoms with Crippen molar-refractivity contribution in [2.24, 2.45) is 0 Å². The third-order valence-electron chi connectivity index (χ3n) is 3.16. The minimum absolute atomic E-state index is 0.524. The van der Waals surface area contributed by atoms with Crippen molar-refractivity contribution in [1.82, 2.24) is 5.32 Å². The van der Waals surface area contributed by atoms with Crippen molar-refractivity contribution in [1.29, 1.82) is 0 Å². The molecule has 0 aromatic heterocycles. The van der Waals surface area contributed by atoms with E-state index < -0.39 is 0 Å². The van der Waals surface area contributed by atoms with Crippen molar-refractivity contribution in [3.8, 4) is 0 Å². The van der Waals surface area contributed by atoms with E-state index in [0.717, 1.165) is 12.8 Å². The molecular formula is C16H25N. The Balaban J connectivity index is 2.41. The van der Waals surface area contributed by atoms with E-state index in [2.05, 4.69) is 56.9 Å². The topological polar surface area (TPSA) is 12.0 Å². The van der Waals surface area contributed by atoms with Crippen LogP contribution in [0, 0.1) is 6.92 Å². The second kappa shape index (κ2) is 7.29. The summed E-state index contributed by atoms with van der Waals surface area (Å²) in [6.07, 6.45) is 5.35. The Morgan fingerprint density at radius 1 is 1.24 bits per heavy atom. The fourth-order valence-corrected chi connectivity index (χ4v) is 2.16. The highest BCUT2D eigenvalue weighted by atomic mass is 14.9. The van der Waals surface area contributed by atoms with Gasteiger partial charge in [0.2, 0.25) is 0 Å². The van der Waals surface area contributed by atoms with Gasteiger partial charge in [-0.2, -0.15) is 0 Å². The largest absolute Gasteiger partial charge is 0.311 e. The molecule has 1 nitrogen and oxygen atoms in total. The minimum Gasteiger partial charge on any atom is -0.311 e. The van der Waals surface area contributed by atoms with Crippen LogP contribution in [0.1, 0.15) is 37.8 Å². The summed E-state index contributed by atoms with van der Waals surface area (Å²) in [6, 6.07) is 9.72. The molecule has 1 heteroatoms. The van der Waals surface area contributed by atoms with Crippen molar-refractivity contribution >= 4 is 0 Å². The van der Waals surface area contributed by atoms with Crippen LogP contribution in [-0.2, 0) is 6.42 Å². The van der Waals surface area contributed by atoms with Crippen LogP contribution in [0.2, 0.25) is 0 Å². The molecule has 0 saturated carbocycles. The smallest absolute Gasteiger partial charge is 0.00817 e. The molecule has 0 bridgehead atoms. The Morgan fingerprint density at radius 3 is 2.59 bits per heavy atom. The third kappa shape index (κ3) is 5.18. The lowest BCUT2D eigenvalue weighted by molar-refractivity contribution is 0.446. The van der Waals surface area contributed by atoms with Crippen LogP contribution in [0.5, 0.6) is 0 Å². The predicted molar refractivity (Wildman–Crippen MR) is 76.4 cm³/mol. The Bertz CT molecular complexity index is 343. The number of hydrogen-bond donors (Lipinski definition) is 1. The average molecular weight is 231 g/mol. The number of allylic oxidation sites excluding steroid dienone is 1. The summed E-state index contributed by atoms with van der Waals surface area (Å²) >= 11 is 0. The van der Waals surface area contributed by atoms with Crippen LogP contribution >= 0.6 is 0 Å². The Labute approximate surface area is 106 Å². The maximum atomic E-state index is 3.76. The van der Waals surface area contributed by atoms with Crippen molar-refractivity contribution in [3.05, 3.63) is 48.0 Å². The van der Waals surface area contributed by atoms with Gasteiger partial charge >= 0.3 is 0 Å². The van der Waals surface area contributed by atoms with E-state index in [1.807, 2.05) is 6.08 Å². The summed E-state index contributed by atoms with van der Waals surface area (Å²) in [7, 11) is 0. The summed E-state index contributed by atoms with van der Waals surface area (Å²) in [5.41, 5.74) is 2.84. The first kappa shape index (κ1) is 14.0. The highest BCUT2D eigenvalue weighted by Crippen LogP contribution is 2.10. The molecule has 0 amide bonds. The van der Waals surface area contributed by atoms with Crippen LogP contribution in [0.15, 0.2) is 36.9 Å². The lowest BCUT2D eigenvalue weighted by Crippen LogP contribution is -2.35. The maximum absolute atomic E-state index is 3.76. The van der Waals surface area contributed by atoms with Gasteiger partial charge in [-0.1, -0.05) is 30.3 Å². The predicted octanol–water partition coefficient (Wildman–Crippen LogP) is 3.87. The molecule has 1 aromatic carbocycles. The van der Waals surface area contributed by atoms with Gasteiger partial charge in [-0.15, -0.1) is 6.58 Å². The second-order valence-electron chi connectivity index (χ2n) is 4.97. The van der Waals surface area contributed by atoms with Gasteiger partial charge < -0.3 is 5.32 Å². The van der Waals surface area contributed by atoms with Crippen molar-refractivity contribution in [2.75, 3.05) is 0 Å². The van der Waals surface area contributed by atoms with Crippen LogP contribution in [-0.4, -0.2) is 12.1 Å². The number of rotatable bonds is 7.